The number of nitrogens with zero attached hydrogens (tertiary/aromatic N) is 4. The molecule has 4 rings (SSSR count). The van der Waals surface area contributed by atoms with Gasteiger partial charge in [0.2, 0.25) is 0 Å². The molecule has 0 aliphatic carbocycles. The average molecular weight is 460 g/mol. The highest BCUT2D eigenvalue weighted by molar-refractivity contribution is 5.88. The molecule has 9 nitrogen and oxygen atoms in total. The molecule has 33 heavy (non-hydrogen) atoms. The molecule has 0 N–H and O–H groups in total. The second-order valence-electron chi connectivity index (χ2n) is 6.58. The van der Waals surface area contributed by atoms with Gasteiger partial charge in [-0.1, -0.05) is 6.07 Å². The van der Waals surface area contributed by atoms with Gasteiger partial charge in [0.25, 0.3) is 11.6 Å². The van der Waals surface area contributed by atoms with Crippen molar-refractivity contribution < 1.29 is 31.9 Å². The highest BCUT2D eigenvalue weighted by atomic mass is 19.1. The van der Waals surface area contributed by atoms with Crippen LogP contribution in [0.2, 0.25) is 0 Å². The minimum absolute atomic E-state index is 0.0309. The monoisotopic (exact) mass is 460 g/mol. The second kappa shape index (κ2) is 9.02. The Bertz CT molecular complexity index is 1360. The van der Waals surface area contributed by atoms with Crippen LogP contribution in [0, 0.1) is 17.5 Å². The van der Waals surface area contributed by atoms with E-state index in [2.05, 4.69) is 10.1 Å². The van der Waals surface area contributed by atoms with Crippen molar-refractivity contribution in [2.45, 2.75) is 13.5 Å². The summed E-state index contributed by atoms with van der Waals surface area (Å²) in [6, 6.07) is 6.83. The predicted molar refractivity (Wildman–Crippen MR) is 106 cm³/mol. The number of esters is 1. The fourth-order valence-electron chi connectivity index (χ4n) is 2.92. The molecule has 0 atom stereocenters. The predicted octanol–water partition coefficient (Wildman–Crippen LogP) is 3.46. The summed E-state index contributed by atoms with van der Waals surface area (Å²) in [5.74, 6) is -4.28. The van der Waals surface area contributed by atoms with Crippen molar-refractivity contribution in [2.24, 2.45) is 0 Å². The summed E-state index contributed by atoms with van der Waals surface area (Å²) < 4.78 is 59.3. The molecule has 0 saturated heterocycles. The Labute approximate surface area is 183 Å². The number of ether oxygens (including phenoxy) is 2. The summed E-state index contributed by atoms with van der Waals surface area (Å²) in [6.07, 6.45) is 2.02. The molecule has 2 heterocycles. The Hall–Kier alpha value is -4.35. The third kappa shape index (κ3) is 4.35. The molecule has 2 aromatic heterocycles. The maximum atomic E-state index is 14.7. The van der Waals surface area contributed by atoms with Crippen LogP contribution in [0.3, 0.4) is 0 Å². The van der Waals surface area contributed by atoms with E-state index in [4.69, 9.17) is 13.9 Å². The Balaban J connectivity index is 1.58. The molecule has 170 valence electrons. The van der Waals surface area contributed by atoms with Crippen LogP contribution < -0.4 is 10.4 Å². The SMILES string of the molecule is CCOC(=O)c1ocnc1Oc1ccc(-n2ncn(Cc3c(F)cccc3F)c2=O)cc1F. The van der Waals surface area contributed by atoms with Crippen molar-refractivity contribution in [3.8, 4) is 17.3 Å². The molecule has 0 bridgehead atoms. The van der Waals surface area contributed by atoms with E-state index in [9.17, 15) is 22.8 Å². The van der Waals surface area contributed by atoms with E-state index < -0.39 is 35.7 Å². The standard InChI is InChI=1S/C21H15F3N4O5/c1-2-31-20(29)18-19(25-11-32-18)33-17-7-6-12(8-16(17)24)28-21(30)27(10-26-28)9-13-14(22)4-3-5-15(13)23/h3-8,10-11H,2,9H2,1H3. The number of halogens is 3. The first-order chi connectivity index (χ1) is 15.9. The van der Waals surface area contributed by atoms with Gasteiger partial charge < -0.3 is 13.9 Å². The lowest BCUT2D eigenvalue weighted by Crippen LogP contribution is -2.24. The van der Waals surface area contributed by atoms with Crippen molar-refractivity contribution in [3.05, 3.63) is 88.4 Å². The fourth-order valence-corrected chi connectivity index (χ4v) is 2.92. The quantitative estimate of drug-likeness (QED) is 0.389. The van der Waals surface area contributed by atoms with Gasteiger partial charge in [0.15, 0.2) is 18.0 Å². The minimum Gasteiger partial charge on any atom is -0.460 e. The summed E-state index contributed by atoms with van der Waals surface area (Å²) in [4.78, 5) is 28.2. The smallest absolute Gasteiger partial charge is 0.380 e. The second-order valence-corrected chi connectivity index (χ2v) is 6.58. The van der Waals surface area contributed by atoms with Crippen molar-refractivity contribution in [3.63, 3.8) is 0 Å². The maximum absolute atomic E-state index is 14.7. The first-order valence-corrected chi connectivity index (χ1v) is 9.54. The van der Waals surface area contributed by atoms with Gasteiger partial charge in [-0.3, -0.25) is 4.57 Å². The molecule has 0 unspecified atom stereocenters. The molecule has 2 aromatic carbocycles. The molecular formula is C21H15F3N4O5. The molecule has 0 saturated carbocycles. The van der Waals surface area contributed by atoms with E-state index >= 15 is 0 Å². The Morgan fingerprint density at radius 2 is 1.88 bits per heavy atom. The Morgan fingerprint density at radius 3 is 2.58 bits per heavy atom. The lowest BCUT2D eigenvalue weighted by atomic mass is 10.2. The van der Waals surface area contributed by atoms with Gasteiger partial charge in [0, 0.05) is 11.6 Å². The fraction of sp³-hybridized carbons (Fsp3) is 0.143. The molecule has 0 aliphatic heterocycles. The van der Waals surface area contributed by atoms with Crippen molar-refractivity contribution in [1.82, 2.24) is 19.3 Å². The van der Waals surface area contributed by atoms with Crippen LogP contribution in [0.5, 0.6) is 11.6 Å². The van der Waals surface area contributed by atoms with Crippen molar-refractivity contribution >= 4 is 5.97 Å². The van der Waals surface area contributed by atoms with Gasteiger partial charge in [-0.25, -0.2) is 22.8 Å². The molecule has 0 spiro atoms. The van der Waals surface area contributed by atoms with Crippen LogP contribution in [0.15, 0.2) is 58.3 Å². The van der Waals surface area contributed by atoms with Crippen LogP contribution in [0.25, 0.3) is 5.69 Å². The van der Waals surface area contributed by atoms with Crippen LogP contribution in [0.4, 0.5) is 13.2 Å². The van der Waals surface area contributed by atoms with E-state index in [1.807, 2.05) is 0 Å². The van der Waals surface area contributed by atoms with Crippen LogP contribution in [0.1, 0.15) is 23.0 Å². The summed E-state index contributed by atoms with van der Waals surface area (Å²) >= 11 is 0. The van der Waals surface area contributed by atoms with Crippen LogP contribution in [-0.4, -0.2) is 31.9 Å². The highest BCUT2D eigenvalue weighted by Crippen LogP contribution is 2.28. The van der Waals surface area contributed by atoms with Gasteiger partial charge in [-0.05, 0) is 31.2 Å². The number of aromatic nitrogens is 4. The first-order valence-electron chi connectivity index (χ1n) is 9.54. The number of hydrogen-bond acceptors (Lipinski definition) is 7. The zero-order chi connectivity index (χ0) is 23.5. The highest BCUT2D eigenvalue weighted by Gasteiger charge is 2.22. The third-order valence-corrected chi connectivity index (χ3v) is 4.49. The van der Waals surface area contributed by atoms with E-state index in [-0.39, 0.29) is 35.2 Å². The minimum atomic E-state index is -0.896. The zero-order valence-corrected chi connectivity index (χ0v) is 17.0. The lowest BCUT2D eigenvalue weighted by molar-refractivity contribution is 0.0486. The number of benzene rings is 2. The maximum Gasteiger partial charge on any atom is 0.380 e. The number of rotatable bonds is 7. The van der Waals surface area contributed by atoms with Gasteiger partial charge in [0.05, 0.1) is 18.8 Å². The van der Waals surface area contributed by atoms with E-state index in [0.29, 0.717) is 0 Å². The van der Waals surface area contributed by atoms with Gasteiger partial charge in [0.1, 0.15) is 18.0 Å². The normalized spacial score (nSPS) is 10.9. The van der Waals surface area contributed by atoms with E-state index in [1.54, 1.807) is 6.92 Å². The van der Waals surface area contributed by atoms with Gasteiger partial charge in [-0.15, -0.1) is 0 Å². The van der Waals surface area contributed by atoms with Crippen LogP contribution in [-0.2, 0) is 11.3 Å². The molecule has 0 aliphatic rings. The summed E-state index contributed by atoms with van der Waals surface area (Å²) in [6.45, 7) is 1.29. The largest absolute Gasteiger partial charge is 0.460 e. The summed E-state index contributed by atoms with van der Waals surface area (Å²) in [7, 11) is 0. The lowest BCUT2D eigenvalue weighted by Gasteiger charge is -2.07. The van der Waals surface area contributed by atoms with E-state index in [0.717, 1.165) is 40.2 Å². The molecule has 0 fully saturated rings. The van der Waals surface area contributed by atoms with Crippen molar-refractivity contribution in [1.29, 1.82) is 0 Å². The number of carbonyl (C=O) groups is 1. The number of carbonyl (C=O) groups excluding carboxylic acids is 1. The van der Waals surface area contributed by atoms with Crippen LogP contribution >= 0.6 is 0 Å². The number of hydrogen-bond donors (Lipinski definition) is 0. The Kier molecular flexibility index (Phi) is 5.98. The van der Waals surface area contributed by atoms with Gasteiger partial charge in [-0.2, -0.15) is 14.8 Å². The van der Waals surface area contributed by atoms with Crippen molar-refractivity contribution in [2.75, 3.05) is 6.61 Å². The summed E-state index contributed by atoms with van der Waals surface area (Å²) in [5, 5.41) is 3.87. The molecule has 4 aromatic rings. The number of oxazole rings is 1. The van der Waals surface area contributed by atoms with E-state index in [1.165, 1.54) is 18.2 Å². The molecule has 0 amide bonds. The third-order valence-electron chi connectivity index (χ3n) is 4.49. The molecular weight excluding hydrogens is 445 g/mol. The first kappa shape index (κ1) is 21.9. The molecule has 0 radical (unpaired) electrons. The topological polar surface area (TPSA) is 101 Å². The zero-order valence-electron chi connectivity index (χ0n) is 17.0. The average Bonchev–Trinajstić information content (AvgIpc) is 3.39. The summed E-state index contributed by atoms with van der Waals surface area (Å²) in [5.41, 5.74) is -1.02. The molecule has 12 heteroatoms. The Morgan fingerprint density at radius 1 is 1.12 bits per heavy atom. The van der Waals surface area contributed by atoms with Gasteiger partial charge >= 0.3 is 11.7 Å².